The molecule has 0 spiro atoms. The predicted molar refractivity (Wildman–Crippen MR) is 80.7 cm³/mol. The van der Waals surface area contributed by atoms with Crippen molar-refractivity contribution in [3.63, 3.8) is 0 Å². The molecule has 2 unspecified atom stereocenters. The summed E-state index contributed by atoms with van der Waals surface area (Å²) in [5, 5.41) is 1.99. The van der Waals surface area contributed by atoms with Gasteiger partial charge in [0, 0.05) is 35.0 Å². The van der Waals surface area contributed by atoms with Crippen LogP contribution in [0.3, 0.4) is 0 Å². The van der Waals surface area contributed by atoms with Gasteiger partial charge in [-0.05, 0) is 25.7 Å². The number of hydrogen-bond acceptors (Lipinski definition) is 5. The SMILES string of the molecule is CCC1CN(c2nc3c(s2)C(N)CCC3)CCS1. The number of nitrogens with two attached hydrogens (primary N) is 1. The van der Waals surface area contributed by atoms with Crippen molar-refractivity contribution in [2.24, 2.45) is 5.73 Å². The third kappa shape index (κ3) is 2.40. The molecular formula is C13H21N3S2. The lowest BCUT2D eigenvalue weighted by molar-refractivity contribution is 0.573. The van der Waals surface area contributed by atoms with Crippen molar-refractivity contribution in [1.29, 1.82) is 0 Å². The van der Waals surface area contributed by atoms with Crippen molar-refractivity contribution >= 4 is 28.2 Å². The number of rotatable bonds is 2. The maximum Gasteiger partial charge on any atom is 0.185 e. The van der Waals surface area contributed by atoms with Gasteiger partial charge < -0.3 is 10.6 Å². The molecule has 0 saturated carbocycles. The van der Waals surface area contributed by atoms with E-state index in [4.69, 9.17) is 10.7 Å². The normalized spacial score (nSPS) is 28.2. The predicted octanol–water partition coefficient (Wildman–Crippen LogP) is 2.81. The standard InChI is InChI=1S/C13H21N3S2/c1-2-9-8-16(6-7-17-9)13-15-11-5-3-4-10(14)12(11)18-13/h9-10H,2-8,14H2,1H3. The van der Waals surface area contributed by atoms with Gasteiger partial charge in [0.1, 0.15) is 0 Å². The number of thiazole rings is 1. The lowest BCUT2D eigenvalue weighted by Gasteiger charge is -2.31. The first-order valence-electron chi connectivity index (χ1n) is 6.89. The van der Waals surface area contributed by atoms with Gasteiger partial charge in [0.25, 0.3) is 0 Å². The van der Waals surface area contributed by atoms with Crippen LogP contribution >= 0.6 is 23.1 Å². The van der Waals surface area contributed by atoms with E-state index in [2.05, 4.69) is 23.6 Å². The highest BCUT2D eigenvalue weighted by molar-refractivity contribution is 8.00. The average Bonchev–Trinajstić information content (AvgIpc) is 2.84. The molecule has 3 nitrogen and oxygen atoms in total. The third-order valence-electron chi connectivity index (χ3n) is 3.85. The van der Waals surface area contributed by atoms with Crippen molar-refractivity contribution in [2.45, 2.75) is 43.9 Å². The molecule has 1 fully saturated rings. The van der Waals surface area contributed by atoms with Crippen LogP contribution in [0.1, 0.15) is 42.8 Å². The minimum absolute atomic E-state index is 0.237. The number of aromatic nitrogens is 1. The van der Waals surface area contributed by atoms with Gasteiger partial charge in [0.2, 0.25) is 0 Å². The molecule has 1 aliphatic heterocycles. The molecule has 0 amide bonds. The Morgan fingerprint density at radius 2 is 2.39 bits per heavy atom. The van der Waals surface area contributed by atoms with E-state index in [1.807, 2.05) is 11.3 Å². The van der Waals surface area contributed by atoms with E-state index in [0.29, 0.717) is 0 Å². The van der Waals surface area contributed by atoms with Crippen LogP contribution in [0.15, 0.2) is 0 Å². The lowest BCUT2D eigenvalue weighted by Crippen LogP contribution is -2.37. The van der Waals surface area contributed by atoms with Crippen LogP contribution in [0.5, 0.6) is 0 Å². The van der Waals surface area contributed by atoms with Crippen LogP contribution in [0.2, 0.25) is 0 Å². The Hall–Kier alpha value is -0.260. The summed E-state index contributed by atoms with van der Waals surface area (Å²) in [5.74, 6) is 1.23. The second-order valence-corrected chi connectivity index (χ2v) is 7.57. The molecule has 2 heterocycles. The Kier molecular flexibility index (Phi) is 3.82. The minimum atomic E-state index is 0.237. The van der Waals surface area contributed by atoms with Crippen LogP contribution in [0.25, 0.3) is 0 Å². The zero-order valence-corrected chi connectivity index (χ0v) is 12.5. The molecule has 3 rings (SSSR count). The number of thioether (sulfide) groups is 1. The second kappa shape index (κ2) is 5.39. The van der Waals surface area contributed by atoms with Crippen LogP contribution in [0.4, 0.5) is 5.13 Å². The van der Waals surface area contributed by atoms with E-state index in [9.17, 15) is 0 Å². The largest absolute Gasteiger partial charge is 0.346 e. The maximum atomic E-state index is 6.19. The number of anilines is 1. The first-order chi connectivity index (χ1) is 8.78. The summed E-state index contributed by atoms with van der Waals surface area (Å²) in [6.07, 6.45) is 4.71. The summed E-state index contributed by atoms with van der Waals surface area (Å²) < 4.78 is 0. The Morgan fingerprint density at radius 1 is 1.50 bits per heavy atom. The van der Waals surface area contributed by atoms with E-state index in [-0.39, 0.29) is 6.04 Å². The molecule has 0 aromatic carbocycles. The fourth-order valence-corrected chi connectivity index (χ4v) is 5.08. The summed E-state index contributed by atoms with van der Waals surface area (Å²) in [6.45, 7) is 4.58. The molecular weight excluding hydrogens is 262 g/mol. The van der Waals surface area contributed by atoms with E-state index in [1.165, 1.54) is 34.3 Å². The molecule has 0 radical (unpaired) electrons. The first-order valence-corrected chi connectivity index (χ1v) is 8.76. The quantitative estimate of drug-likeness (QED) is 0.906. The topological polar surface area (TPSA) is 42.2 Å². The summed E-state index contributed by atoms with van der Waals surface area (Å²) in [5.41, 5.74) is 7.47. The Morgan fingerprint density at radius 3 is 3.17 bits per heavy atom. The second-order valence-electron chi connectivity index (χ2n) is 5.15. The van der Waals surface area contributed by atoms with Gasteiger partial charge in [-0.15, -0.1) is 0 Å². The number of nitrogens with zero attached hydrogens (tertiary/aromatic N) is 2. The smallest absolute Gasteiger partial charge is 0.185 e. The highest BCUT2D eigenvalue weighted by Crippen LogP contribution is 2.37. The lowest BCUT2D eigenvalue weighted by atomic mass is 9.99. The molecule has 5 heteroatoms. The van der Waals surface area contributed by atoms with Crippen LogP contribution in [-0.4, -0.2) is 29.1 Å². The molecule has 0 bridgehead atoms. The molecule has 2 aliphatic rings. The first kappa shape index (κ1) is 12.8. The zero-order valence-electron chi connectivity index (χ0n) is 10.9. The fraction of sp³-hybridized carbons (Fsp3) is 0.769. The number of aryl methyl sites for hydroxylation is 1. The van der Waals surface area contributed by atoms with Gasteiger partial charge >= 0.3 is 0 Å². The minimum Gasteiger partial charge on any atom is -0.346 e. The van der Waals surface area contributed by atoms with E-state index >= 15 is 0 Å². The van der Waals surface area contributed by atoms with Crippen LogP contribution in [0, 0.1) is 0 Å². The van der Waals surface area contributed by atoms with Gasteiger partial charge in [0.05, 0.1) is 5.69 Å². The maximum absolute atomic E-state index is 6.19. The molecule has 1 aromatic heterocycles. The zero-order chi connectivity index (χ0) is 12.5. The fourth-order valence-electron chi connectivity index (χ4n) is 2.72. The summed E-state index contributed by atoms with van der Waals surface area (Å²) in [7, 11) is 0. The molecule has 1 aliphatic carbocycles. The Balaban J connectivity index is 1.80. The Bertz CT molecular complexity index is 418. The molecule has 2 N–H and O–H groups in total. The molecule has 100 valence electrons. The van der Waals surface area contributed by atoms with Crippen LogP contribution < -0.4 is 10.6 Å². The van der Waals surface area contributed by atoms with E-state index in [0.717, 1.165) is 31.2 Å². The highest BCUT2D eigenvalue weighted by atomic mass is 32.2. The van der Waals surface area contributed by atoms with Crippen molar-refractivity contribution in [2.75, 3.05) is 23.7 Å². The van der Waals surface area contributed by atoms with Crippen LogP contribution in [-0.2, 0) is 6.42 Å². The summed E-state index contributed by atoms with van der Waals surface area (Å²) in [4.78, 5) is 8.67. The van der Waals surface area contributed by atoms with Crippen molar-refractivity contribution in [3.8, 4) is 0 Å². The van der Waals surface area contributed by atoms with Crippen molar-refractivity contribution in [1.82, 2.24) is 4.98 Å². The number of fused-ring (bicyclic) bond motifs is 1. The number of hydrogen-bond donors (Lipinski definition) is 1. The molecule has 1 aromatic rings. The van der Waals surface area contributed by atoms with E-state index < -0.39 is 0 Å². The van der Waals surface area contributed by atoms with Gasteiger partial charge in [-0.25, -0.2) is 4.98 Å². The molecule has 18 heavy (non-hydrogen) atoms. The van der Waals surface area contributed by atoms with Crippen molar-refractivity contribution in [3.05, 3.63) is 10.6 Å². The molecule has 2 atom stereocenters. The summed E-state index contributed by atoms with van der Waals surface area (Å²) >= 11 is 3.95. The van der Waals surface area contributed by atoms with Crippen molar-refractivity contribution < 1.29 is 0 Å². The summed E-state index contributed by atoms with van der Waals surface area (Å²) in [6, 6.07) is 0.237. The van der Waals surface area contributed by atoms with Gasteiger partial charge in [-0.1, -0.05) is 18.3 Å². The molecule has 1 saturated heterocycles. The average molecular weight is 283 g/mol. The highest BCUT2D eigenvalue weighted by Gasteiger charge is 2.26. The van der Waals surface area contributed by atoms with Gasteiger partial charge in [-0.3, -0.25) is 0 Å². The van der Waals surface area contributed by atoms with E-state index in [1.54, 1.807) is 0 Å². The van der Waals surface area contributed by atoms with Gasteiger partial charge in [-0.2, -0.15) is 11.8 Å². The van der Waals surface area contributed by atoms with Gasteiger partial charge in [0.15, 0.2) is 5.13 Å². The third-order valence-corrected chi connectivity index (χ3v) is 6.51. The Labute approximate surface area is 117 Å². The monoisotopic (exact) mass is 283 g/mol.